The van der Waals surface area contributed by atoms with Gasteiger partial charge in [-0.3, -0.25) is 9.80 Å². The lowest BCUT2D eigenvalue weighted by Gasteiger charge is -2.50. The van der Waals surface area contributed by atoms with Crippen molar-refractivity contribution in [3.63, 3.8) is 0 Å². The molecular weight excluding hydrogens is 214 g/mol. The van der Waals surface area contributed by atoms with Crippen molar-refractivity contribution in [1.29, 1.82) is 0 Å². The van der Waals surface area contributed by atoms with Crippen LogP contribution in [0.3, 0.4) is 0 Å². The highest BCUT2D eigenvalue weighted by Gasteiger charge is 2.36. The van der Waals surface area contributed by atoms with Gasteiger partial charge in [-0.25, -0.2) is 0 Å². The lowest BCUT2D eigenvalue weighted by molar-refractivity contribution is -0.0290. The first-order chi connectivity index (χ1) is 8.20. The molecule has 17 heavy (non-hydrogen) atoms. The van der Waals surface area contributed by atoms with Crippen LogP contribution in [0.25, 0.3) is 0 Å². The van der Waals surface area contributed by atoms with Crippen LogP contribution in [0.2, 0.25) is 0 Å². The molecule has 3 rings (SSSR count). The molecule has 0 radical (unpaired) electrons. The highest BCUT2D eigenvalue weighted by molar-refractivity contribution is 4.94. The SMILES string of the molecule is CCNC(COC(C)C)C1CN2CCN1CC2. The van der Waals surface area contributed by atoms with Gasteiger partial charge in [0.05, 0.1) is 12.7 Å². The number of rotatable bonds is 6. The van der Waals surface area contributed by atoms with E-state index in [9.17, 15) is 0 Å². The predicted molar refractivity (Wildman–Crippen MR) is 70.4 cm³/mol. The number of nitrogens with one attached hydrogen (secondary N) is 1. The average Bonchev–Trinajstić information content (AvgIpc) is 2.35. The summed E-state index contributed by atoms with van der Waals surface area (Å²) in [4.78, 5) is 5.22. The Bertz CT molecular complexity index is 227. The fraction of sp³-hybridized carbons (Fsp3) is 1.00. The summed E-state index contributed by atoms with van der Waals surface area (Å²) in [5.41, 5.74) is 0. The van der Waals surface area contributed by atoms with E-state index in [1.54, 1.807) is 0 Å². The molecule has 3 fully saturated rings. The molecule has 2 atom stereocenters. The molecule has 1 N–H and O–H groups in total. The van der Waals surface area contributed by atoms with Crippen LogP contribution in [-0.2, 0) is 4.74 Å². The summed E-state index contributed by atoms with van der Waals surface area (Å²) < 4.78 is 5.81. The van der Waals surface area contributed by atoms with Gasteiger partial charge in [0.2, 0.25) is 0 Å². The fourth-order valence-corrected chi connectivity index (χ4v) is 2.90. The van der Waals surface area contributed by atoms with Crippen molar-refractivity contribution < 1.29 is 4.74 Å². The Morgan fingerprint density at radius 2 is 1.94 bits per heavy atom. The minimum Gasteiger partial charge on any atom is -0.377 e. The molecule has 0 amide bonds. The van der Waals surface area contributed by atoms with Crippen molar-refractivity contribution in [2.75, 3.05) is 45.9 Å². The van der Waals surface area contributed by atoms with Gasteiger partial charge >= 0.3 is 0 Å². The van der Waals surface area contributed by atoms with Gasteiger partial charge in [0.15, 0.2) is 0 Å². The van der Waals surface area contributed by atoms with Crippen molar-refractivity contribution in [3.05, 3.63) is 0 Å². The molecular formula is C13H27N3O. The lowest BCUT2D eigenvalue weighted by atomic mass is 10.0. The van der Waals surface area contributed by atoms with Crippen LogP contribution >= 0.6 is 0 Å². The van der Waals surface area contributed by atoms with Crippen LogP contribution < -0.4 is 5.32 Å². The molecule has 3 saturated heterocycles. The quantitative estimate of drug-likeness (QED) is 0.728. The van der Waals surface area contributed by atoms with Crippen molar-refractivity contribution in [2.24, 2.45) is 0 Å². The summed E-state index contributed by atoms with van der Waals surface area (Å²) in [7, 11) is 0. The van der Waals surface area contributed by atoms with Crippen molar-refractivity contribution in [2.45, 2.75) is 39.0 Å². The first kappa shape index (κ1) is 13.3. The van der Waals surface area contributed by atoms with Crippen molar-refractivity contribution in [3.8, 4) is 0 Å². The molecule has 0 aliphatic carbocycles. The second-order valence-electron chi connectivity index (χ2n) is 5.45. The molecule has 3 aliphatic heterocycles. The monoisotopic (exact) mass is 241 g/mol. The van der Waals surface area contributed by atoms with Crippen molar-refractivity contribution in [1.82, 2.24) is 15.1 Å². The molecule has 2 bridgehead atoms. The van der Waals surface area contributed by atoms with Gasteiger partial charge in [-0.15, -0.1) is 0 Å². The molecule has 4 nitrogen and oxygen atoms in total. The van der Waals surface area contributed by atoms with E-state index in [-0.39, 0.29) is 0 Å². The van der Waals surface area contributed by atoms with E-state index in [2.05, 4.69) is 35.9 Å². The van der Waals surface area contributed by atoms with Gasteiger partial charge in [0.1, 0.15) is 0 Å². The number of fused-ring (bicyclic) bond motifs is 3. The topological polar surface area (TPSA) is 27.7 Å². The van der Waals surface area contributed by atoms with Gasteiger partial charge < -0.3 is 10.1 Å². The first-order valence-electron chi connectivity index (χ1n) is 7.02. The molecule has 0 aromatic heterocycles. The normalized spacial score (nSPS) is 34.2. The van der Waals surface area contributed by atoms with Crippen LogP contribution in [0.1, 0.15) is 20.8 Å². The predicted octanol–water partition coefficient (Wildman–Crippen LogP) is 0.389. The van der Waals surface area contributed by atoms with E-state index in [0.717, 1.165) is 13.2 Å². The van der Waals surface area contributed by atoms with Gasteiger partial charge in [-0.1, -0.05) is 6.92 Å². The highest BCUT2D eigenvalue weighted by atomic mass is 16.5. The Labute approximate surface area is 105 Å². The summed E-state index contributed by atoms with van der Waals surface area (Å²) in [5.74, 6) is 0. The minimum absolute atomic E-state index is 0.326. The van der Waals surface area contributed by atoms with Gasteiger partial charge in [0.25, 0.3) is 0 Å². The van der Waals surface area contributed by atoms with E-state index < -0.39 is 0 Å². The maximum atomic E-state index is 5.81. The second kappa shape index (κ2) is 6.14. The van der Waals surface area contributed by atoms with Gasteiger partial charge in [0, 0.05) is 44.8 Å². The standard InChI is InChI=1S/C13H27N3O/c1-4-14-12(10-17-11(2)3)13-9-15-5-7-16(13)8-6-15/h11-14H,4-10H2,1-3H3. The zero-order chi connectivity index (χ0) is 12.3. The van der Waals surface area contributed by atoms with Crippen LogP contribution in [-0.4, -0.2) is 73.9 Å². The minimum atomic E-state index is 0.326. The van der Waals surface area contributed by atoms with Gasteiger partial charge in [-0.05, 0) is 20.4 Å². The summed E-state index contributed by atoms with van der Waals surface area (Å²) in [6.07, 6.45) is 0.326. The van der Waals surface area contributed by atoms with Crippen LogP contribution in [0.15, 0.2) is 0 Å². The summed E-state index contributed by atoms with van der Waals surface area (Å²) in [6, 6.07) is 1.11. The van der Waals surface area contributed by atoms with E-state index in [1.165, 1.54) is 32.7 Å². The first-order valence-corrected chi connectivity index (χ1v) is 7.02. The number of hydrogen-bond donors (Lipinski definition) is 1. The zero-order valence-electron chi connectivity index (χ0n) is 11.5. The molecule has 2 unspecified atom stereocenters. The molecule has 3 aliphatic rings. The highest BCUT2D eigenvalue weighted by Crippen LogP contribution is 2.18. The molecule has 100 valence electrons. The maximum absolute atomic E-state index is 5.81. The van der Waals surface area contributed by atoms with Crippen LogP contribution in [0, 0.1) is 0 Å². The second-order valence-corrected chi connectivity index (χ2v) is 5.45. The van der Waals surface area contributed by atoms with Crippen LogP contribution in [0.4, 0.5) is 0 Å². The number of ether oxygens (including phenoxy) is 1. The number of hydrogen-bond acceptors (Lipinski definition) is 4. The number of likely N-dealkylation sites (N-methyl/N-ethyl adjacent to an activating group) is 1. The van der Waals surface area contributed by atoms with E-state index in [0.29, 0.717) is 18.2 Å². The third-order valence-corrected chi connectivity index (χ3v) is 3.86. The molecule has 0 aromatic carbocycles. The Morgan fingerprint density at radius 1 is 1.24 bits per heavy atom. The maximum Gasteiger partial charge on any atom is 0.0638 e. The van der Waals surface area contributed by atoms with E-state index in [1.807, 2.05) is 0 Å². The van der Waals surface area contributed by atoms with Crippen molar-refractivity contribution >= 4 is 0 Å². The van der Waals surface area contributed by atoms with E-state index in [4.69, 9.17) is 4.74 Å². The summed E-state index contributed by atoms with van der Waals surface area (Å²) in [6.45, 7) is 14.4. The average molecular weight is 241 g/mol. The van der Waals surface area contributed by atoms with Crippen LogP contribution in [0.5, 0.6) is 0 Å². The lowest BCUT2D eigenvalue weighted by Crippen LogP contribution is -2.67. The number of piperazine rings is 3. The van der Waals surface area contributed by atoms with Gasteiger partial charge in [-0.2, -0.15) is 0 Å². The zero-order valence-corrected chi connectivity index (χ0v) is 11.5. The molecule has 0 spiro atoms. The third-order valence-electron chi connectivity index (χ3n) is 3.86. The Hall–Kier alpha value is -0.160. The molecule has 3 heterocycles. The number of nitrogens with zero attached hydrogens (tertiary/aromatic N) is 2. The molecule has 0 saturated carbocycles. The Balaban J connectivity index is 1.90. The van der Waals surface area contributed by atoms with E-state index >= 15 is 0 Å². The third kappa shape index (κ3) is 3.41. The fourth-order valence-electron chi connectivity index (χ4n) is 2.90. The Morgan fingerprint density at radius 3 is 2.41 bits per heavy atom. The largest absolute Gasteiger partial charge is 0.377 e. The molecule has 4 heteroatoms. The molecule has 0 aromatic rings. The summed E-state index contributed by atoms with van der Waals surface area (Å²) >= 11 is 0. The Kier molecular flexibility index (Phi) is 4.79. The smallest absolute Gasteiger partial charge is 0.0638 e. The summed E-state index contributed by atoms with van der Waals surface area (Å²) in [5, 5.41) is 3.60.